The second-order valence-corrected chi connectivity index (χ2v) is 17.2. The molecule has 11 aromatic rings. The minimum Gasteiger partial charge on any atom is -0.228 e. The number of nitrogens with zero attached hydrogens (tertiary/aromatic N) is 2. The zero-order valence-corrected chi connectivity index (χ0v) is 35.0. The molecule has 1 heterocycles. The van der Waals surface area contributed by atoms with E-state index in [0.717, 1.165) is 33.5 Å². The molecule has 0 saturated carbocycles. The maximum Gasteiger partial charge on any atom is 0.160 e. The van der Waals surface area contributed by atoms with Gasteiger partial charge in [0, 0.05) is 16.7 Å². The lowest BCUT2D eigenvalue weighted by molar-refractivity contribution is 0.627. The Morgan fingerprint density at radius 2 is 0.734 bits per heavy atom. The minimum absolute atomic E-state index is 0.508. The molecule has 2 unspecified atom stereocenters. The van der Waals surface area contributed by atoms with Crippen LogP contribution in [0.15, 0.2) is 243 Å². The average Bonchev–Trinajstić information content (AvgIpc) is 3.69. The van der Waals surface area contributed by atoms with Crippen LogP contribution in [0, 0.1) is 0 Å². The van der Waals surface area contributed by atoms with E-state index >= 15 is 0 Å². The van der Waals surface area contributed by atoms with E-state index in [-0.39, 0.29) is 0 Å². The van der Waals surface area contributed by atoms with Crippen LogP contribution in [0.25, 0.3) is 66.6 Å². The first-order valence-electron chi connectivity index (χ1n) is 22.1. The molecule has 1 aromatic heterocycles. The highest BCUT2D eigenvalue weighted by Crippen LogP contribution is 2.65. The van der Waals surface area contributed by atoms with Gasteiger partial charge in [0.15, 0.2) is 5.82 Å². The van der Waals surface area contributed by atoms with Gasteiger partial charge in [-0.2, -0.15) is 0 Å². The predicted molar refractivity (Wildman–Crippen MR) is 263 cm³/mol. The molecular formula is C62H40N2. The molecule has 2 nitrogen and oxygen atoms in total. The van der Waals surface area contributed by atoms with Crippen molar-refractivity contribution in [3.8, 4) is 45.0 Å². The van der Waals surface area contributed by atoms with Crippen molar-refractivity contribution in [1.82, 2.24) is 9.97 Å². The summed E-state index contributed by atoms with van der Waals surface area (Å²) in [5, 5.41) is 4.73. The van der Waals surface area contributed by atoms with E-state index in [4.69, 9.17) is 9.97 Å². The Morgan fingerprint density at radius 3 is 1.42 bits per heavy atom. The fraction of sp³-hybridized carbons (Fsp3) is 0.0323. The second kappa shape index (κ2) is 14.2. The topological polar surface area (TPSA) is 25.8 Å². The number of benzene rings is 10. The second-order valence-electron chi connectivity index (χ2n) is 17.2. The molecule has 298 valence electrons. The third kappa shape index (κ3) is 5.20. The van der Waals surface area contributed by atoms with Crippen molar-refractivity contribution in [2.75, 3.05) is 0 Å². The van der Waals surface area contributed by atoms with Crippen molar-refractivity contribution in [2.45, 2.75) is 10.8 Å². The monoisotopic (exact) mass is 812 g/mol. The molecule has 2 aliphatic rings. The van der Waals surface area contributed by atoms with Gasteiger partial charge in [-0.15, -0.1) is 0 Å². The van der Waals surface area contributed by atoms with E-state index in [1.165, 1.54) is 71.8 Å². The highest BCUT2D eigenvalue weighted by Gasteiger charge is 2.57. The first kappa shape index (κ1) is 36.5. The van der Waals surface area contributed by atoms with Gasteiger partial charge in [0.1, 0.15) is 0 Å². The molecule has 13 rings (SSSR count). The Morgan fingerprint density at radius 1 is 0.266 bits per heavy atom. The van der Waals surface area contributed by atoms with Gasteiger partial charge >= 0.3 is 0 Å². The SMILES string of the molecule is c1ccc(C2(c3cccc(-c4cc(-c5ccc6ccccc6c5)nc(-c5ccc6ccccc6c5)n4)c3)c3ccccc3C3(c4ccccc4)c4ccccc4-c4cccc2c43)cc1. The van der Waals surface area contributed by atoms with E-state index in [1.807, 2.05) is 0 Å². The predicted octanol–water partition coefficient (Wildman–Crippen LogP) is 14.8. The van der Waals surface area contributed by atoms with Crippen LogP contribution < -0.4 is 0 Å². The van der Waals surface area contributed by atoms with Crippen molar-refractivity contribution >= 4 is 21.5 Å². The Balaban J connectivity index is 1.09. The van der Waals surface area contributed by atoms with Crippen LogP contribution in [0.5, 0.6) is 0 Å². The molecular weight excluding hydrogens is 773 g/mol. The van der Waals surface area contributed by atoms with Crippen LogP contribution >= 0.6 is 0 Å². The molecule has 0 saturated heterocycles. The maximum atomic E-state index is 5.44. The largest absolute Gasteiger partial charge is 0.228 e. The Hall–Kier alpha value is -8.20. The normalized spacial score (nSPS) is 16.9. The van der Waals surface area contributed by atoms with Gasteiger partial charge in [0.2, 0.25) is 0 Å². The number of aromatic nitrogens is 2. The van der Waals surface area contributed by atoms with Crippen molar-refractivity contribution < 1.29 is 0 Å². The van der Waals surface area contributed by atoms with Gasteiger partial charge in [-0.1, -0.05) is 218 Å². The summed E-state index contributed by atoms with van der Waals surface area (Å²) < 4.78 is 0. The molecule has 2 atom stereocenters. The quantitative estimate of drug-likeness (QED) is 0.167. The zero-order chi connectivity index (χ0) is 42.2. The molecule has 0 spiro atoms. The van der Waals surface area contributed by atoms with Crippen LogP contribution in [0.2, 0.25) is 0 Å². The van der Waals surface area contributed by atoms with E-state index in [2.05, 4.69) is 243 Å². The lowest BCUT2D eigenvalue weighted by Gasteiger charge is -2.49. The minimum atomic E-state index is -0.672. The highest BCUT2D eigenvalue weighted by molar-refractivity contribution is 5.93. The molecule has 0 amide bonds. The fourth-order valence-electron chi connectivity index (χ4n) is 11.3. The van der Waals surface area contributed by atoms with Gasteiger partial charge in [-0.05, 0) is 101 Å². The summed E-state index contributed by atoms with van der Waals surface area (Å²) in [6.07, 6.45) is 0. The molecule has 2 heteroatoms. The average molecular weight is 813 g/mol. The summed E-state index contributed by atoms with van der Waals surface area (Å²) >= 11 is 0. The molecule has 0 aliphatic heterocycles. The van der Waals surface area contributed by atoms with Crippen LogP contribution in [0.3, 0.4) is 0 Å². The lowest BCUT2D eigenvalue weighted by atomic mass is 9.51. The molecule has 0 N–H and O–H groups in total. The molecule has 64 heavy (non-hydrogen) atoms. The van der Waals surface area contributed by atoms with Gasteiger partial charge in [0.05, 0.1) is 22.2 Å². The lowest BCUT2D eigenvalue weighted by Crippen LogP contribution is -2.44. The van der Waals surface area contributed by atoms with Crippen LogP contribution in [-0.4, -0.2) is 9.97 Å². The van der Waals surface area contributed by atoms with Crippen molar-refractivity contribution in [3.05, 3.63) is 287 Å². The summed E-state index contributed by atoms with van der Waals surface area (Å²) in [4.78, 5) is 10.8. The van der Waals surface area contributed by atoms with E-state index in [0.29, 0.717) is 5.82 Å². The zero-order valence-electron chi connectivity index (χ0n) is 35.0. The Labute approximate surface area is 372 Å². The molecule has 10 aromatic carbocycles. The van der Waals surface area contributed by atoms with Gasteiger partial charge < -0.3 is 0 Å². The first-order valence-corrected chi connectivity index (χ1v) is 22.1. The summed E-state index contributed by atoms with van der Waals surface area (Å²) in [5.74, 6) is 0.698. The number of fused-ring (bicyclic) bond motifs is 7. The number of rotatable bonds is 6. The molecule has 0 fully saturated rings. The van der Waals surface area contributed by atoms with Crippen LogP contribution in [-0.2, 0) is 10.8 Å². The van der Waals surface area contributed by atoms with Gasteiger partial charge in [0.25, 0.3) is 0 Å². The van der Waals surface area contributed by atoms with E-state index < -0.39 is 10.8 Å². The maximum absolute atomic E-state index is 5.44. The third-order valence-electron chi connectivity index (χ3n) is 14.0. The molecule has 2 aliphatic carbocycles. The smallest absolute Gasteiger partial charge is 0.160 e. The number of hydrogen-bond donors (Lipinski definition) is 0. The van der Waals surface area contributed by atoms with Crippen LogP contribution in [0.4, 0.5) is 0 Å². The molecule has 0 bridgehead atoms. The molecule has 0 radical (unpaired) electrons. The third-order valence-corrected chi connectivity index (χ3v) is 14.0. The van der Waals surface area contributed by atoms with Crippen LogP contribution in [0.1, 0.15) is 44.5 Å². The Bertz CT molecular complexity index is 3530. The van der Waals surface area contributed by atoms with E-state index in [9.17, 15) is 0 Å². The summed E-state index contributed by atoms with van der Waals surface area (Å²) in [7, 11) is 0. The van der Waals surface area contributed by atoms with Gasteiger partial charge in [-0.25, -0.2) is 9.97 Å². The summed E-state index contributed by atoms with van der Waals surface area (Å²) in [6.45, 7) is 0. The standard InChI is InChI=1S/C62H40N2/c1-3-22-48(23-4-1)61(54-30-13-14-31-55(54)62(49-24-5-2-6-25-49)53-29-12-11-27-51(53)52-28-16-32-56(61)59(52)62)50-26-15-21-45(39-50)57-40-58(46-35-33-41-17-7-9-19-43(41)37-46)64-60(63-57)47-36-34-42-18-8-10-20-44(42)38-47/h1-40H. The van der Waals surface area contributed by atoms with Crippen molar-refractivity contribution in [1.29, 1.82) is 0 Å². The Kier molecular flexibility index (Phi) is 8.07. The highest BCUT2D eigenvalue weighted by atomic mass is 14.9. The fourth-order valence-corrected chi connectivity index (χ4v) is 11.3. The summed E-state index contributed by atoms with van der Waals surface area (Å²) in [5.41, 5.74) is 16.5. The first-order chi connectivity index (χ1) is 31.7. The van der Waals surface area contributed by atoms with Crippen molar-refractivity contribution in [3.63, 3.8) is 0 Å². The summed E-state index contributed by atoms with van der Waals surface area (Å²) in [6, 6.07) is 89.2. The number of hydrogen-bond acceptors (Lipinski definition) is 2. The van der Waals surface area contributed by atoms with Crippen molar-refractivity contribution in [2.24, 2.45) is 0 Å². The van der Waals surface area contributed by atoms with Gasteiger partial charge in [-0.3, -0.25) is 0 Å². The van der Waals surface area contributed by atoms with E-state index in [1.54, 1.807) is 0 Å².